The maximum absolute atomic E-state index is 6.84. The molecule has 216 valence electrons. The molecule has 1 aromatic heterocycles. The highest BCUT2D eigenvalue weighted by Gasteiger charge is 2.30. The van der Waals surface area contributed by atoms with Crippen molar-refractivity contribution in [3.05, 3.63) is 150 Å². The third-order valence-corrected chi connectivity index (χ3v) is 8.05. The first-order chi connectivity index (χ1) is 21.6. The second-order valence-corrected chi connectivity index (χ2v) is 11.0. The van der Waals surface area contributed by atoms with Gasteiger partial charge < -0.3 is 10.3 Å². The lowest BCUT2D eigenvalue weighted by atomic mass is 9.96. The van der Waals surface area contributed by atoms with Crippen molar-refractivity contribution in [1.29, 1.82) is 0 Å². The van der Waals surface area contributed by atoms with Crippen LogP contribution in [0.15, 0.2) is 144 Å². The second-order valence-electron chi connectivity index (χ2n) is 11.0. The molecule has 0 spiro atoms. The van der Waals surface area contributed by atoms with Gasteiger partial charge in [-0.3, -0.25) is 4.90 Å². The molecule has 5 aromatic rings. The minimum atomic E-state index is 0.492. The molecule has 44 heavy (non-hydrogen) atoms. The summed E-state index contributed by atoms with van der Waals surface area (Å²) in [6.45, 7) is 5.30. The highest BCUT2D eigenvalue weighted by molar-refractivity contribution is 6.17. The Labute approximate surface area is 259 Å². The van der Waals surface area contributed by atoms with Gasteiger partial charge in [0, 0.05) is 40.5 Å². The Hall–Kier alpha value is -5.53. The molecule has 0 saturated carbocycles. The van der Waals surface area contributed by atoms with Gasteiger partial charge >= 0.3 is 0 Å². The Morgan fingerprint density at radius 1 is 0.932 bits per heavy atom. The summed E-state index contributed by atoms with van der Waals surface area (Å²) in [4.78, 5) is 7.02. The zero-order valence-electron chi connectivity index (χ0n) is 25.2. The molecule has 6 rings (SSSR count). The van der Waals surface area contributed by atoms with Crippen molar-refractivity contribution in [2.75, 3.05) is 4.90 Å². The van der Waals surface area contributed by atoms with Gasteiger partial charge in [0.25, 0.3) is 0 Å². The number of anilines is 1. The lowest BCUT2D eigenvalue weighted by Crippen LogP contribution is -2.35. The molecule has 4 aromatic carbocycles. The van der Waals surface area contributed by atoms with Gasteiger partial charge in [-0.15, -0.1) is 6.42 Å². The molecular formula is C40H36N4. The molecule has 1 aliphatic heterocycles. The van der Waals surface area contributed by atoms with Gasteiger partial charge in [-0.05, 0) is 60.4 Å². The van der Waals surface area contributed by atoms with E-state index in [1.807, 2.05) is 38.1 Å². The van der Waals surface area contributed by atoms with E-state index in [1.54, 1.807) is 6.08 Å². The van der Waals surface area contributed by atoms with Crippen LogP contribution in [0.25, 0.3) is 32.9 Å². The normalized spacial score (nSPS) is 14.8. The van der Waals surface area contributed by atoms with E-state index in [4.69, 9.17) is 17.1 Å². The minimum absolute atomic E-state index is 0.492. The summed E-state index contributed by atoms with van der Waals surface area (Å²) in [5, 5.41) is 2.45. The van der Waals surface area contributed by atoms with Gasteiger partial charge in [-0.1, -0.05) is 109 Å². The maximum atomic E-state index is 6.84. The van der Waals surface area contributed by atoms with Crippen molar-refractivity contribution >= 4 is 33.5 Å². The number of benzene rings is 4. The first-order valence-corrected chi connectivity index (χ1v) is 15.0. The molecule has 0 atom stereocenters. The molecule has 0 amide bonds. The van der Waals surface area contributed by atoms with Gasteiger partial charge in [0.2, 0.25) is 5.96 Å². The van der Waals surface area contributed by atoms with Gasteiger partial charge in [-0.25, -0.2) is 4.99 Å². The van der Waals surface area contributed by atoms with Crippen LogP contribution >= 0.6 is 0 Å². The predicted octanol–water partition coefficient (Wildman–Crippen LogP) is 8.93. The van der Waals surface area contributed by atoms with Crippen LogP contribution in [0.1, 0.15) is 25.0 Å². The molecule has 4 nitrogen and oxygen atoms in total. The number of hydrogen-bond acceptors (Lipinski definition) is 1. The number of hydrogen-bond donors (Lipinski definition) is 1. The molecule has 0 aliphatic carbocycles. The largest absolute Gasteiger partial charge is 0.369 e. The number of nitrogens with two attached hydrogens (primary N) is 1. The Kier molecular flexibility index (Phi) is 8.30. The summed E-state index contributed by atoms with van der Waals surface area (Å²) in [7, 11) is 0. The van der Waals surface area contributed by atoms with Crippen LogP contribution in [0, 0.1) is 12.3 Å². The van der Waals surface area contributed by atoms with Crippen molar-refractivity contribution in [2.24, 2.45) is 10.7 Å². The fourth-order valence-electron chi connectivity index (χ4n) is 6.11. The minimum Gasteiger partial charge on any atom is -0.369 e. The van der Waals surface area contributed by atoms with E-state index in [9.17, 15) is 0 Å². The van der Waals surface area contributed by atoms with Crippen molar-refractivity contribution < 1.29 is 0 Å². The fraction of sp³-hybridized carbons (Fsp3) is 0.125. The van der Waals surface area contributed by atoms with E-state index >= 15 is 0 Å². The van der Waals surface area contributed by atoms with Gasteiger partial charge in [0.05, 0.1) is 17.7 Å². The monoisotopic (exact) mass is 572 g/mol. The molecule has 0 saturated heterocycles. The van der Waals surface area contributed by atoms with Crippen molar-refractivity contribution in [3.63, 3.8) is 0 Å². The molecule has 0 bridgehead atoms. The first kappa shape index (κ1) is 28.6. The third kappa shape index (κ3) is 5.48. The number of guanidine groups is 1. The Morgan fingerprint density at radius 3 is 2.50 bits per heavy atom. The topological polar surface area (TPSA) is 46.5 Å². The number of rotatable bonds is 7. The molecular weight excluding hydrogens is 536 g/mol. The Morgan fingerprint density at radius 2 is 1.68 bits per heavy atom. The highest BCUT2D eigenvalue weighted by atomic mass is 15.3. The standard InChI is InChI=1S/C40H36N4/c1-4-6-20-32-27-31-19-12-23-34(39(31)44(32)40(41)42-28-30-17-8-7-9-18-30)33-22-13-25-37-38(33)35-21-10-11-24-36(35)43(37)26-14-16-29(3)15-5-2/h2,4,6-25H,26-28H2,1,3H3,(H2,41,42)/b6-4-,16-14-,29-15-,32-20+. The third-order valence-electron chi connectivity index (χ3n) is 8.05. The number of terminal acetylenes is 1. The van der Waals surface area contributed by atoms with E-state index < -0.39 is 0 Å². The number of aromatic nitrogens is 1. The summed E-state index contributed by atoms with van der Waals surface area (Å²) in [6.07, 6.45) is 18.5. The van der Waals surface area contributed by atoms with E-state index in [0.717, 1.165) is 41.1 Å². The maximum Gasteiger partial charge on any atom is 0.200 e. The predicted molar refractivity (Wildman–Crippen MR) is 187 cm³/mol. The lowest BCUT2D eigenvalue weighted by molar-refractivity contribution is 0.898. The Balaban J connectivity index is 1.52. The summed E-state index contributed by atoms with van der Waals surface area (Å²) >= 11 is 0. The van der Waals surface area contributed by atoms with E-state index in [1.165, 1.54) is 32.9 Å². The van der Waals surface area contributed by atoms with Crippen LogP contribution in [0.4, 0.5) is 5.69 Å². The quantitative estimate of drug-likeness (QED) is 0.0916. The van der Waals surface area contributed by atoms with Crippen LogP contribution in [0.3, 0.4) is 0 Å². The van der Waals surface area contributed by atoms with Gasteiger partial charge in [0.15, 0.2) is 0 Å². The average Bonchev–Trinajstić information content (AvgIpc) is 3.59. The van der Waals surface area contributed by atoms with Crippen LogP contribution in [0.2, 0.25) is 0 Å². The van der Waals surface area contributed by atoms with Crippen LogP contribution < -0.4 is 10.6 Å². The summed E-state index contributed by atoms with van der Waals surface area (Å²) in [5.41, 5.74) is 17.2. The van der Waals surface area contributed by atoms with E-state index in [0.29, 0.717) is 12.5 Å². The molecule has 0 fully saturated rings. The first-order valence-electron chi connectivity index (χ1n) is 15.0. The molecule has 0 unspecified atom stereocenters. The lowest BCUT2D eigenvalue weighted by Gasteiger charge is -2.23. The van der Waals surface area contributed by atoms with E-state index in [2.05, 4.69) is 112 Å². The van der Waals surface area contributed by atoms with Crippen molar-refractivity contribution in [2.45, 2.75) is 33.4 Å². The molecule has 1 aliphatic rings. The van der Waals surface area contributed by atoms with Crippen molar-refractivity contribution in [1.82, 2.24) is 4.57 Å². The number of fused-ring (bicyclic) bond motifs is 4. The van der Waals surface area contributed by atoms with Crippen LogP contribution in [-0.2, 0) is 19.5 Å². The van der Waals surface area contributed by atoms with Crippen molar-refractivity contribution in [3.8, 4) is 23.5 Å². The summed E-state index contributed by atoms with van der Waals surface area (Å²) < 4.78 is 2.38. The average molecular weight is 573 g/mol. The molecule has 4 heteroatoms. The number of para-hydroxylation sites is 2. The molecule has 0 radical (unpaired) electrons. The number of allylic oxidation sites excluding steroid dienone is 8. The summed E-state index contributed by atoms with van der Waals surface area (Å²) in [6, 6.07) is 32.0. The number of aliphatic imine (C=N–C) groups is 1. The number of nitrogens with zero attached hydrogens (tertiary/aromatic N) is 3. The molecule has 2 N–H and O–H groups in total. The zero-order valence-corrected chi connectivity index (χ0v) is 25.2. The second kappa shape index (κ2) is 12.8. The fourth-order valence-corrected chi connectivity index (χ4v) is 6.11. The Bertz CT molecular complexity index is 2030. The van der Waals surface area contributed by atoms with E-state index in [-0.39, 0.29) is 0 Å². The smallest absolute Gasteiger partial charge is 0.200 e. The van der Waals surface area contributed by atoms with Gasteiger partial charge in [-0.2, -0.15) is 0 Å². The SMILES string of the molecule is C#C/C=C(C)\C=C/Cn1c2ccccc2c2c(-c3cccc4c3N(C(N)=NCc3ccccc3)/C(=C/C=C\C)C4)cccc21. The molecule has 2 heterocycles. The highest BCUT2D eigenvalue weighted by Crippen LogP contribution is 2.46. The summed E-state index contributed by atoms with van der Waals surface area (Å²) in [5.74, 6) is 3.10. The zero-order chi connectivity index (χ0) is 30.5. The van der Waals surface area contributed by atoms with Crippen LogP contribution in [-0.4, -0.2) is 10.5 Å². The van der Waals surface area contributed by atoms with Gasteiger partial charge in [0.1, 0.15) is 0 Å². The van der Waals surface area contributed by atoms with Crippen LogP contribution in [0.5, 0.6) is 0 Å².